The van der Waals surface area contributed by atoms with E-state index in [0.29, 0.717) is 67.0 Å². The molecule has 10 atom stereocenters. The molecule has 5 aliphatic rings. The lowest BCUT2D eigenvalue weighted by Gasteiger charge is -2.71. The third-order valence-corrected chi connectivity index (χ3v) is 17.8. The van der Waals surface area contributed by atoms with Gasteiger partial charge in [0.15, 0.2) is 0 Å². The zero-order valence-electron chi connectivity index (χ0n) is 37.3. The number of carbonyl (C=O) groups is 2. The van der Waals surface area contributed by atoms with Crippen LogP contribution >= 0.6 is 0 Å². The Labute approximate surface area is 359 Å². The minimum atomic E-state index is -0.446. The molecular weight excluding hydrogens is 745 g/mol. The summed E-state index contributed by atoms with van der Waals surface area (Å²) in [5.41, 5.74) is 3.91. The molecule has 5 aliphatic carbocycles. The van der Waals surface area contributed by atoms with Crippen LogP contribution in [0, 0.1) is 56.7 Å². The Hall–Kier alpha value is -4.10. The molecule has 0 aliphatic heterocycles. The van der Waals surface area contributed by atoms with Crippen LogP contribution in [0.2, 0.25) is 0 Å². The molecule has 0 heterocycles. The van der Waals surface area contributed by atoms with Crippen LogP contribution in [0.25, 0.3) is 0 Å². The fourth-order valence-corrected chi connectivity index (χ4v) is 13.9. The monoisotopic (exact) mass is 815 g/mol. The van der Waals surface area contributed by atoms with Gasteiger partial charge in [0.05, 0.1) is 11.5 Å². The van der Waals surface area contributed by atoms with Crippen molar-refractivity contribution in [3.05, 3.63) is 107 Å². The first kappa shape index (κ1) is 42.6. The van der Waals surface area contributed by atoms with E-state index in [1.165, 1.54) is 6.42 Å². The minimum absolute atomic E-state index is 0.0286. The number of ether oxygens (including phenoxy) is 2. The first-order chi connectivity index (χ1) is 28.6. The molecule has 0 bridgehead atoms. The molecule has 7 nitrogen and oxygen atoms in total. The number of rotatable bonds is 11. The van der Waals surface area contributed by atoms with Crippen molar-refractivity contribution in [1.82, 2.24) is 10.6 Å². The first-order valence-electron chi connectivity index (χ1n) is 23.1. The van der Waals surface area contributed by atoms with Crippen LogP contribution in [0.15, 0.2) is 90.5 Å². The molecule has 0 radical (unpaired) electrons. The largest absolute Gasteiger partial charge is 0.489 e. The quantitative estimate of drug-likeness (QED) is 0.132. The van der Waals surface area contributed by atoms with E-state index in [9.17, 15) is 14.7 Å². The molecule has 0 spiro atoms. The number of hydrogen-bond donors (Lipinski definition) is 3. The van der Waals surface area contributed by atoms with Crippen molar-refractivity contribution < 1.29 is 24.2 Å². The number of aliphatic hydroxyl groups is 1. The van der Waals surface area contributed by atoms with Crippen LogP contribution in [0.1, 0.15) is 128 Å². The minimum Gasteiger partial charge on any atom is -0.489 e. The maximum absolute atomic E-state index is 14.8. The molecule has 0 unspecified atom stereocenters. The summed E-state index contributed by atoms with van der Waals surface area (Å²) in [4.78, 5) is 28.5. The number of hydrogen-bond acceptors (Lipinski definition) is 5. The molecule has 60 heavy (non-hydrogen) atoms. The second-order valence-electron chi connectivity index (χ2n) is 20.9. The van der Waals surface area contributed by atoms with Crippen molar-refractivity contribution in [3.63, 3.8) is 0 Å². The van der Waals surface area contributed by atoms with Crippen molar-refractivity contribution >= 4 is 11.8 Å². The maximum atomic E-state index is 14.8. The highest BCUT2D eigenvalue weighted by molar-refractivity contribution is 5.95. The second-order valence-corrected chi connectivity index (χ2v) is 20.9. The molecule has 3 aromatic carbocycles. The van der Waals surface area contributed by atoms with Crippen molar-refractivity contribution in [2.24, 2.45) is 56.7 Å². The number of fused-ring (bicyclic) bond motifs is 7. The van der Waals surface area contributed by atoms with Gasteiger partial charge in [0.25, 0.3) is 5.91 Å². The number of allylic oxidation sites excluding steroid dienone is 2. The van der Waals surface area contributed by atoms with Crippen LogP contribution in [-0.4, -0.2) is 36.1 Å². The van der Waals surface area contributed by atoms with E-state index in [1.807, 2.05) is 66.7 Å². The van der Waals surface area contributed by atoms with Gasteiger partial charge in [0, 0.05) is 24.7 Å². The summed E-state index contributed by atoms with van der Waals surface area (Å²) in [6.45, 7) is 18.6. The van der Waals surface area contributed by atoms with Gasteiger partial charge < -0.3 is 25.2 Å². The van der Waals surface area contributed by atoms with E-state index < -0.39 is 5.41 Å². The molecule has 322 valence electrons. The highest BCUT2D eigenvalue weighted by atomic mass is 16.5. The Bertz CT molecular complexity index is 2000. The van der Waals surface area contributed by atoms with Gasteiger partial charge in [-0.25, -0.2) is 0 Å². The van der Waals surface area contributed by atoms with Crippen LogP contribution in [0.3, 0.4) is 0 Å². The summed E-state index contributed by atoms with van der Waals surface area (Å²) in [6.07, 6.45) is 11.7. The average Bonchev–Trinajstić information content (AvgIpc) is 3.24. The Morgan fingerprint density at radius 3 is 1.97 bits per heavy atom. The lowest BCUT2D eigenvalue weighted by atomic mass is 9.33. The Morgan fingerprint density at radius 1 is 0.717 bits per heavy atom. The van der Waals surface area contributed by atoms with E-state index in [2.05, 4.69) is 65.2 Å². The molecule has 2 amide bonds. The fourth-order valence-electron chi connectivity index (χ4n) is 13.9. The summed E-state index contributed by atoms with van der Waals surface area (Å²) in [6, 6.07) is 25.3. The molecular formula is C53H70N2O5. The highest BCUT2D eigenvalue weighted by Crippen LogP contribution is 2.75. The van der Waals surface area contributed by atoms with Gasteiger partial charge in [-0.05, 0) is 132 Å². The average molecular weight is 815 g/mol. The molecule has 8 rings (SSSR count). The van der Waals surface area contributed by atoms with E-state index in [-0.39, 0.29) is 45.5 Å². The van der Waals surface area contributed by atoms with Crippen molar-refractivity contribution in [1.29, 1.82) is 0 Å². The molecule has 4 saturated carbocycles. The third kappa shape index (κ3) is 7.28. The summed E-state index contributed by atoms with van der Waals surface area (Å²) < 4.78 is 12.3. The first-order valence-corrected chi connectivity index (χ1v) is 23.1. The van der Waals surface area contributed by atoms with Crippen LogP contribution in [0.4, 0.5) is 0 Å². The summed E-state index contributed by atoms with van der Waals surface area (Å²) in [5.74, 6) is 3.26. The Morgan fingerprint density at radius 2 is 1.33 bits per heavy atom. The van der Waals surface area contributed by atoms with Gasteiger partial charge in [-0.15, -0.1) is 0 Å². The summed E-state index contributed by atoms with van der Waals surface area (Å²) in [5, 5.41) is 17.6. The predicted octanol–water partition coefficient (Wildman–Crippen LogP) is 10.7. The number of nitrogens with one attached hydrogen (secondary N) is 2. The third-order valence-electron chi connectivity index (χ3n) is 17.8. The molecule has 3 N–H and O–H groups in total. The molecule has 0 saturated heterocycles. The van der Waals surface area contributed by atoms with E-state index in [0.717, 1.165) is 62.5 Å². The van der Waals surface area contributed by atoms with Crippen LogP contribution < -0.4 is 20.1 Å². The lowest BCUT2D eigenvalue weighted by molar-refractivity contribution is -0.204. The molecule has 0 aromatic heterocycles. The van der Waals surface area contributed by atoms with Crippen molar-refractivity contribution in [3.8, 4) is 11.5 Å². The second kappa shape index (κ2) is 16.3. The summed E-state index contributed by atoms with van der Waals surface area (Å²) in [7, 11) is 0. The Kier molecular flexibility index (Phi) is 11.6. The molecule has 4 fully saturated rings. The SMILES string of the molecule is C[C@H]1[C@H](C)CC[C@]2(C(=O)NCCNC(=O)c3cc(OCc4ccccc4)cc(OCc4ccccc4)c3)CC[C@]3(C)C(=CC[C@@H]4[C@@]5(C)CC[C@H](O)C(C)(C)[C@@H]5CC[C@]43C)[C@H]12. The zero-order valence-corrected chi connectivity index (χ0v) is 37.3. The molecule has 7 heteroatoms. The maximum Gasteiger partial charge on any atom is 0.251 e. The standard InChI is InChI=1S/C53H70N2O5/c1-35-20-25-53(27-26-51(6)42(46(53)36(35)2)18-19-44-50(5)23-22-45(56)49(3,4)43(50)21-24-52(44,51)7)48(58)55-29-28-54-47(57)39-30-40(59-33-37-14-10-8-11-15-37)32-41(31-39)60-34-38-16-12-9-13-17-38/h8-18,30-32,35-36,43-46,56H,19-29,33-34H2,1-7H3,(H,54,57)(H,55,58)/t35-,36+,43+,44-,45+,46+,50+,51-,52-,53+/m1/s1. The van der Waals surface area contributed by atoms with Gasteiger partial charge in [-0.2, -0.15) is 0 Å². The highest BCUT2D eigenvalue weighted by Gasteiger charge is 2.69. The van der Waals surface area contributed by atoms with E-state index in [4.69, 9.17) is 9.47 Å². The Balaban J connectivity index is 0.964. The normalized spacial score (nSPS) is 35.3. The van der Waals surface area contributed by atoms with Crippen LogP contribution in [-0.2, 0) is 18.0 Å². The van der Waals surface area contributed by atoms with Gasteiger partial charge in [0.1, 0.15) is 24.7 Å². The fraction of sp³-hybridized carbons (Fsp3) is 0.585. The van der Waals surface area contributed by atoms with E-state index >= 15 is 0 Å². The lowest BCUT2D eigenvalue weighted by Crippen LogP contribution is -2.66. The number of carbonyl (C=O) groups excluding carboxylic acids is 2. The van der Waals surface area contributed by atoms with Crippen molar-refractivity contribution in [2.45, 2.75) is 126 Å². The zero-order chi connectivity index (χ0) is 42.5. The van der Waals surface area contributed by atoms with Crippen molar-refractivity contribution in [2.75, 3.05) is 13.1 Å². The van der Waals surface area contributed by atoms with Gasteiger partial charge in [-0.3, -0.25) is 9.59 Å². The number of amides is 2. The molecule has 3 aromatic rings. The van der Waals surface area contributed by atoms with Gasteiger partial charge in [-0.1, -0.05) is 121 Å². The van der Waals surface area contributed by atoms with Gasteiger partial charge >= 0.3 is 0 Å². The van der Waals surface area contributed by atoms with E-state index in [1.54, 1.807) is 17.7 Å². The number of aliphatic hydroxyl groups excluding tert-OH is 1. The van der Waals surface area contributed by atoms with Gasteiger partial charge in [0.2, 0.25) is 5.91 Å². The summed E-state index contributed by atoms with van der Waals surface area (Å²) >= 11 is 0. The smallest absolute Gasteiger partial charge is 0.251 e. The number of benzene rings is 3. The van der Waals surface area contributed by atoms with Crippen LogP contribution in [0.5, 0.6) is 11.5 Å². The predicted molar refractivity (Wildman–Crippen MR) is 238 cm³/mol. The topological polar surface area (TPSA) is 96.9 Å².